The Balaban J connectivity index is 2.87. The second kappa shape index (κ2) is 7.68. The topological polar surface area (TPSA) is 26.3 Å². The maximum absolute atomic E-state index is 11.7. The third-order valence-corrected chi connectivity index (χ3v) is 4.15. The molecular weight excluding hydrogens is 272 g/mol. The van der Waals surface area contributed by atoms with Crippen LogP contribution in [0.1, 0.15) is 50.3 Å². The molecule has 0 spiro atoms. The van der Waals surface area contributed by atoms with Gasteiger partial charge in [-0.2, -0.15) is 0 Å². The van der Waals surface area contributed by atoms with Crippen LogP contribution in [0.2, 0.25) is 5.02 Å². The van der Waals surface area contributed by atoms with Crippen LogP contribution >= 0.6 is 11.6 Å². The summed E-state index contributed by atoms with van der Waals surface area (Å²) in [6.45, 7) is 10.5. The molecule has 0 aliphatic heterocycles. The molecule has 0 amide bonds. The van der Waals surface area contributed by atoms with E-state index in [2.05, 4.69) is 0 Å². The standard InChI is InChI=1S/C17H25ClO2/c1-6-20-16-10-12(4)17(18)13(5)14(16)8-7-9-15(19)11(2)3/h10-11H,6-9H2,1-5H3. The van der Waals surface area contributed by atoms with Crippen molar-refractivity contribution in [3.8, 4) is 5.75 Å². The van der Waals surface area contributed by atoms with Crippen LogP contribution in [0.5, 0.6) is 5.75 Å². The van der Waals surface area contributed by atoms with Gasteiger partial charge < -0.3 is 4.74 Å². The fourth-order valence-corrected chi connectivity index (χ4v) is 2.45. The number of Topliss-reactive ketones (excluding diaryl/α,β-unsaturated/α-hetero) is 1. The van der Waals surface area contributed by atoms with Gasteiger partial charge in [-0.25, -0.2) is 0 Å². The number of benzene rings is 1. The van der Waals surface area contributed by atoms with Crippen LogP contribution in [-0.4, -0.2) is 12.4 Å². The molecule has 20 heavy (non-hydrogen) atoms. The van der Waals surface area contributed by atoms with E-state index < -0.39 is 0 Å². The number of ether oxygens (including phenoxy) is 1. The monoisotopic (exact) mass is 296 g/mol. The lowest BCUT2D eigenvalue weighted by Gasteiger charge is -2.16. The van der Waals surface area contributed by atoms with E-state index in [0.717, 1.165) is 40.3 Å². The molecule has 0 heterocycles. The molecule has 0 unspecified atom stereocenters. The number of hydrogen-bond donors (Lipinski definition) is 0. The molecule has 0 aromatic heterocycles. The first-order chi connectivity index (χ1) is 9.38. The van der Waals surface area contributed by atoms with E-state index in [1.54, 1.807) is 0 Å². The zero-order valence-corrected chi connectivity index (χ0v) is 13.9. The summed E-state index contributed by atoms with van der Waals surface area (Å²) < 4.78 is 5.72. The lowest BCUT2D eigenvalue weighted by molar-refractivity contribution is -0.121. The van der Waals surface area contributed by atoms with Gasteiger partial charge in [0.05, 0.1) is 6.61 Å². The maximum atomic E-state index is 11.7. The van der Waals surface area contributed by atoms with Crippen molar-refractivity contribution in [3.63, 3.8) is 0 Å². The van der Waals surface area contributed by atoms with Crippen LogP contribution in [0.25, 0.3) is 0 Å². The molecule has 1 aromatic carbocycles. The molecule has 0 saturated heterocycles. The minimum absolute atomic E-state index is 0.115. The highest BCUT2D eigenvalue weighted by atomic mass is 35.5. The van der Waals surface area contributed by atoms with Gasteiger partial charge in [-0.1, -0.05) is 25.4 Å². The summed E-state index contributed by atoms with van der Waals surface area (Å²) in [4.78, 5) is 11.7. The van der Waals surface area contributed by atoms with Gasteiger partial charge in [-0.15, -0.1) is 0 Å². The highest BCUT2D eigenvalue weighted by Crippen LogP contribution is 2.32. The molecule has 0 bridgehead atoms. The minimum atomic E-state index is 0.115. The molecule has 1 rings (SSSR count). The zero-order valence-electron chi connectivity index (χ0n) is 13.2. The Labute approximate surface area is 127 Å². The molecule has 0 radical (unpaired) electrons. The average molecular weight is 297 g/mol. The number of halogens is 1. The Hall–Kier alpha value is -1.02. The third kappa shape index (κ3) is 4.24. The quantitative estimate of drug-likeness (QED) is 0.715. The maximum Gasteiger partial charge on any atom is 0.135 e. The highest BCUT2D eigenvalue weighted by molar-refractivity contribution is 6.32. The lowest BCUT2D eigenvalue weighted by atomic mass is 9.96. The number of ketones is 1. The largest absolute Gasteiger partial charge is 0.494 e. The Morgan fingerprint density at radius 2 is 2.00 bits per heavy atom. The molecule has 0 aliphatic rings. The van der Waals surface area contributed by atoms with Gasteiger partial charge in [0.1, 0.15) is 11.5 Å². The second-order valence-corrected chi connectivity index (χ2v) is 5.89. The summed E-state index contributed by atoms with van der Waals surface area (Å²) >= 11 is 6.32. The first kappa shape index (κ1) is 17.0. The Morgan fingerprint density at radius 1 is 1.35 bits per heavy atom. The number of rotatable bonds is 7. The summed E-state index contributed by atoms with van der Waals surface area (Å²) in [6.07, 6.45) is 2.30. The van der Waals surface area contributed by atoms with Gasteiger partial charge in [-0.3, -0.25) is 4.79 Å². The van der Waals surface area contributed by atoms with Crippen LogP contribution in [0.3, 0.4) is 0 Å². The Kier molecular flexibility index (Phi) is 6.54. The van der Waals surface area contributed by atoms with E-state index >= 15 is 0 Å². The van der Waals surface area contributed by atoms with E-state index in [-0.39, 0.29) is 5.92 Å². The van der Waals surface area contributed by atoms with E-state index in [4.69, 9.17) is 16.3 Å². The first-order valence-corrected chi connectivity index (χ1v) is 7.70. The van der Waals surface area contributed by atoms with Crippen LogP contribution in [0, 0.1) is 19.8 Å². The van der Waals surface area contributed by atoms with Crippen molar-refractivity contribution in [3.05, 3.63) is 27.8 Å². The zero-order chi connectivity index (χ0) is 15.3. The molecule has 3 heteroatoms. The van der Waals surface area contributed by atoms with Gasteiger partial charge in [0.25, 0.3) is 0 Å². The molecule has 0 saturated carbocycles. The number of hydrogen-bond acceptors (Lipinski definition) is 2. The van der Waals surface area contributed by atoms with Crippen molar-refractivity contribution < 1.29 is 9.53 Å². The van der Waals surface area contributed by atoms with Crippen LogP contribution < -0.4 is 4.74 Å². The van der Waals surface area contributed by atoms with Crippen molar-refractivity contribution in [2.75, 3.05) is 6.61 Å². The molecule has 0 N–H and O–H groups in total. The van der Waals surface area contributed by atoms with Crippen LogP contribution in [-0.2, 0) is 11.2 Å². The molecule has 0 fully saturated rings. The molecule has 1 aromatic rings. The van der Waals surface area contributed by atoms with Crippen molar-refractivity contribution in [1.29, 1.82) is 0 Å². The van der Waals surface area contributed by atoms with Gasteiger partial charge in [-0.05, 0) is 56.4 Å². The Morgan fingerprint density at radius 3 is 2.55 bits per heavy atom. The molecular formula is C17H25ClO2. The van der Waals surface area contributed by atoms with Gasteiger partial charge in [0.15, 0.2) is 0 Å². The summed E-state index contributed by atoms with van der Waals surface area (Å²) in [5, 5.41) is 0.804. The summed E-state index contributed by atoms with van der Waals surface area (Å²) in [6, 6.07) is 2.00. The predicted octanol–water partition coefficient (Wildman–Crippen LogP) is 4.90. The fraction of sp³-hybridized carbons (Fsp3) is 0.588. The Bertz CT molecular complexity index is 478. The first-order valence-electron chi connectivity index (χ1n) is 7.32. The lowest BCUT2D eigenvalue weighted by Crippen LogP contribution is -2.08. The van der Waals surface area contributed by atoms with Crippen LogP contribution in [0.4, 0.5) is 0 Å². The van der Waals surface area contributed by atoms with E-state index in [0.29, 0.717) is 18.8 Å². The van der Waals surface area contributed by atoms with Crippen molar-refractivity contribution in [2.24, 2.45) is 5.92 Å². The average Bonchev–Trinajstić information content (AvgIpc) is 2.39. The van der Waals surface area contributed by atoms with Crippen molar-refractivity contribution >= 4 is 17.4 Å². The summed E-state index contributed by atoms with van der Waals surface area (Å²) in [5.41, 5.74) is 3.25. The summed E-state index contributed by atoms with van der Waals surface area (Å²) in [5.74, 6) is 1.34. The van der Waals surface area contributed by atoms with Gasteiger partial charge in [0.2, 0.25) is 0 Å². The third-order valence-electron chi connectivity index (χ3n) is 3.57. The summed E-state index contributed by atoms with van der Waals surface area (Å²) in [7, 11) is 0. The van der Waals surface area contributed by atoms with Gasteiger partial charge in [0, 0.05) is 17.4 Å². The normalized spacial score (nSPS) is 10.9. The number of carbonyl (C=O) groups is 1. The molecule has 0 atom stereocenters. The van der Waals surface area contributed by atoms with Crippen molar-refractivity contribution in [1.82, 2.24) is 0 Å². The molecule has 112 valence electrons. The SMILES string of the molecule is CCOc1cc(C)c(Cl)c(C)c1CCCC(=O)C(C)C. The molecule has 2 nitrogen and oxygen atoms in total. The van der Waals surface area contributed by atoms with Gasteiger partial charge >= 0.3 is 0 Å². The molecule has 0 aliphatic carbocycles. The smallest absolute Gasteiger partial charge is 0.135 e. The van der Waals surface area contributed by atoms with Crippen LogP contribution in [0.15, 0.2) is 6.07 Å². The van der Waals surface area contributed by atoms with E-state index in [9.17, 15) is 4.79 Å². The van der Waals surface area contributed by atoms with Crippen molar-refractivity contribution in [2.45, 2.75) is 53.9 Å². The highest BCUT2D eigenvalue weighted by Gasteiger charge is 2.14. The minimum Gasteiger partial charge on any atom is -0.494 e. The number of carbonyl (C=O) groups excluding carboxylic acids is 1. The number of aryl methyl sites for hydroxylation is 1. The van der Waals surface area contributed by atoms with E-state index in [1.165, 1.54) is 0 Å². The van der Waals surface area contributed by atoms with E-state index in [1.807, 2.05) is 40.7 Å². The second-order valence-electron chi connectivity index (χ2n) is 5.52. The predicted molar refractivity (Wildman–Crippen MR) is 84.9 cm³/mol. The fourth-order valence-electron chi connectivity index (χ4n) is 2.28.